The monoisotopic (exact) mass is 432 g/mol. The minimum absolute atomic E-state index is 0.0344. The fourth-order valence-electron chi connectivity index (χ4n) is 2.20. The van der Waals surface area contributed by atoms with Crippen molar-refractivity contribution in [3.8, 4) is 11.5 Å². The van der Waals surface area contributed by atoms with E-state index in [0.29, 0.717) is 31.1 Å². The van der Waals surface area contributed by atoms with Gasteiger partial charge in [-0.25, -0.2) is 9.59 Å². The highest BCUT2D eigenvalue weighted by molar-refractivity contribution is 7.86. The number of hydrogen-bond donors (Lipinski definition) is 4. The quantitative estimate of drug-likeness (QED) is 0.255. The smallest absolute Gasteiger partial charge is 0.341 e. The van der Waals surface area contributed by atoms with Crippen LogP contribution in [0, 0.1) is 0 Å². The second-order valence-electron chi connectivity index (χ2n) is 5.86. The van der Waals surface area contributed by atoms with Crippen molar-refractivity contribution in [2.45, 2.75) is 6.42 Å². The summed E-state index contributed by atoms with van der Waals surface area (Å²) >= 11 is 7.77. The van der Waals surface area contributed by atoms with Crippen LogP contribution in [0.3, 0.4) is 0 Å². The van der Waals surface area contributed by atoms with Crippen LogP contribution >= 0.6 is 25.3 Å². The normalized spacial score (nSPS) is 11.8. The third-order valence-corrected chi connectivity index (χ3v) is 4.27. The first-order valence-corrected chi connectivity index (χ1v) is 9.48. The molecule has 2 rings (SSSR count). The Kier molecular flexibility index (Phi) is 8.69. The van der Waals surface area contributed by atoms with Gasteiger partial charge in [0.1, 0.15) is 11.5 Å². The van der Waals surface area contributed by atoms with E-state index in [0.717, 1.165) is 11.1 Å². The molecular weight excluding hydrogens is 412 g/mol. The van der Waals surface area contributed by atoms with Gasteiger partial charge in [-0.15, -0.1) is 25.3 Å². The molecule has 29 heavy (non-hydrogen) atoms. The van der Waals surface area contributed by atoms with Crippen LogP contribution in [0.15, 0.2) is 58.3 Å². The van der Waals surface area contributed by atoms with Crippen LogP contribution in [0.4, 0.5) is 0 Å². The van der Waals surface area contributed by atoms with E-state index >= 15 is 0 Å². The number of carboxylic acid groups (broad SMARTS) is 2. The molecule has 6 nitrogen and oxygen atoms in total. The standard InChI is InChI=1S/C21H20O6S2/c22-20(23)18(28)12-14-2-6-16(7-3-14)26-10-1-11-27-17-8-4-15(5-9-17)13-19(29)21(24)25/h2-9,12-13,28-29H,1,10-11H2,(H,22,23)(H,24,25). The molecule has 0 aliphatic heterocycles. The van der Waals surface area contributed by atoms with Crippen molar-refractivity contribution in [3.05, 3.63) is 69.5 Å². The zero-order chi connectivity index (χ0) is 21.2. The van der Waals surface area contributed by atoms with Crippen LogP contribution in [-0.4, -0.2) is 35.4 Å². The van der Waals surface area contributed by atoms with Gasteiger partial charge in [-0.2, -0.15) is 0 Å². The minimum Gasteiger partial charge on any atom is -0.493 e. The maximum atomic E-state index is 10.8. The number of carboxylic acids is 2. The minimum atomic E-state index is -1.08. The number of rotatable bonds is 10. The van der Waals surface area contributed by atoms with Gasteiger partial charge in [0.25, 0.3) is 0 Å². The number of thiol groups is 2. The summed E-state index contributed by atoms with van der Waals surface area (Å²) in [4.78, 5) is 21.4. The van der Waals surface area contributed by atoms with Crippen molar-refractivity contribution in [1.29, 1.82) is 0 Å². The summed E-state index contributed by atoms with van der Waals surface area (Å²) in [6.07, 6.45) is 3.59. The lowest BCUT2D eigenvalue weighted by atomic mass is 10.2. The van der Waals surface area contributed by atoms with E-state index in [1.54, 1.807) is 48.5 Å². The first-order chi connectivity index (χ1) is 13.8. The molecule has 0 fully saturated rings. The molecule has 0 aliphatic carbocycles. The number of benzene rings is 2. The van der Waals surface area contributed by atoms with Gasteiger partial charge in [-0.05, 0) is 47.5 Å². The van der Waals surface area contributed by atoms with Gasteiger partial charge >= 0.3 is 11.9 Å². The summed E-state index contributed by atoms with van der Waals surface area (Å²) in [6.45, 7) is 0.926. The van der Waals surface area contributed by atoms with E-state index in [9.17, 15) is 9.59 Å². The molecule has 152 valence electrons. The molecule has 0 spiro atoms. The lowest BCUT2D eigenvalue weighted by Crippen LogP contribution is -2.05. The topological polar surface area (TPSA) is 93.1 Å². The van der Waals surface area contributed by atoms with Gasteiger partial charge < -0.3 is 19.7 Å². The van der Waals surface area contributed by atoms with E-state index in [2.05, 4.69) is 25.3 Å². The summed E-state index contributed by atoms with van der Waals surface area (Å²) in [7, 11) is 0. The Hall–Kier alpha value is -2.84. The Morgan fingerprint density at radius 2 is 1.07 bits per heavy atom. The molecule has 0 atom stereocenters. The highest BCUT2D eigenvalue weighted by Crippen LogP contribution is 2.17. The van der Waals surface area contributed by atoms with E-state index < -0.39 is 11.9 Å². The average molecular weight is 433 g/mol. The van der Waals surface area contributed by atoms with E-state index in [-0.39, 0.29) is 9.81 Å². The van der Waals surface area contributed by atoms with Crippen LogP contribution in [0.2, 0.25) is 0 Å². The molecule has 8 heteroatoms. The van der Waals surface area contributed by atoms with Gasteiger partial charge in [0, 0.05) is 6.42 Å². The summed E-state index contributed by atoms with van der Waals surface area (Å²) in [5.74, 6) is -0.802. The molecule has 0 saturated heterocycles. The molecule has 0 aliphatic rings. The first kappa shape index (κ1) is 22.4. The largest absolute Gasteiger partial charge is 0.493 e. The Bertz CT molecular complexity index is 826. The van der Waals surface area contributed by atoms with Crippen LogP contribution < -0.4 is 9.47 Å². The zero-order valence-electron chi connectivity index (χ0n) is 15.3. The summed E-state index contributed by atoms with van der Waals surface area (Å²) < 4.78 is 11.3. The predicted octanol–water partition coefficient (Wildman–Crippen LogP) is 4.25. The van der Waals surface area contributed by atoms with Crippen LogP contribution in [0.1, 0.15) is 17.5 Å². The Balaban J connectivity index is 1.73. The molecule has 0 unspecified atom stereocenters. The van der Waals surface area contributed by atoms with Gasteiger partial charge in [0.2, 0.25) is 0 Å². The second kappa shape index (κ2) is 11.2. The second-order valence-corrected chi connectivity index (χ2v) is 6.82. The fourth-order valence-corrected chi connectivity index (χ4v) is 2.50. The van der Waals surface area contributed by atoms with Crippen molar-refractivity contribution in [2.24, 2.45) is 0 Å². The Morgan fingerprint density at radius 1 is 0.724 bits per heavy atom. The summed E-state index contributed by atoms with van der Waals surface area (Å²) in [6, 6.07) is 14.0. The number of hydrogen-bond acceptors (Lipinski definition) is 6. The van der Waals surface area contributed by atoms with E-state index in [1.165, 1.54) is 12.2 Å². The third-order valence-electron chi connectivity index (χ3n) is 3.63. The van der Waals surface area contributed by atoms with E-state index in [4.69, 9.17) is 19.7 Å². The van der Waals surface area contributed by atoms with E-state index in [1.807, 2.05) is 0 Å². The van der Waals surface area contributed by atoms with Crippen molar-refractivity contribution in [3.63, 3.8) is 0 Å². The van der Waals surface area contributed by atoms with Gasteiger partial charge in [-0.1, -0.05) is 24.3 Å². The third kappa shape index (κ3) is 7.97. The molecule has 2 aromatic carbocycles. The zero-order valence-corrected chi connectivity index (χ0v) is 17.1. The molecule has 0 bridgehead atoms. The molecule has 2 aromatic rings. The molecular formula is C21H20O6S2. The van der Waals surface area contributed by atoms with Crippen molar-refractivity contribution in [1.82, 2.24) is 0 Å². The highest BCUT2D eigenvalue weighted by atomic mass is 32.1. The SMILES string of the molecule is O=C(O)C(S)=Cc1ccc(OCCCOc2ccc(C=C(S)C(=O)O)cc2)cc1. The first-order valence-electron chi connectivity index (χ1n) is 8.59. The number of carbonyl (C=O) groups is 2. The van der Waals surface area contributed by atoms with Crippen LogP contribution in [0.25, 0.3) is 12.2 Å². The van der Waals surface area contributed by atoms with Gasteiger partial charge in [0.15, 0.2) is 0 Å². The maximum absolute atomic E-state index is 10.8. The molecule has 0 amide bonds. The lowest BCUT2D eigenvalue weighted by molar-refractivity contribution is -0.132. The fraction of sp³-hybridized carbons (Fsp3) is 0.143. The number of ether oxygens (including phenoxy) is 2. The summed E-state index contributed by atoms with van der Waals surface area (Å²) in [5.41, 5.74) is 1.44. The predicted molar refractivity (Wildman–Crippen MR) is 118 cm³/mol. The molecule has 0 radical (unpaired) electrons. The van der Waals surface area contributed by atoms with Crippen molar-refractivity contribution in [2.75, 3.05) is 13.2 Å². The van der Waals surface area contributed by atoms with Crippen molar-refractivity contribution >= 4 is 49.3 Å². The molecule has 2 N–H and O–H groups in total. The lowest BCUT2D eigenvalue weighted by Gasteiger charge is -2.08. The van der Waals surface area contributed by atoms with Crippen molar-refractivity contribution < 1.29 is 29.3 Å². The molecule has 0 aromatic heterocycles. The average Bonchev–Trinajstić information content (AvgIpc) is 2.70. The molecule has 0 heterocycles. The van der Waals surface area contributed by atoms with Gasteiger partial charge in [-0.3, -0.25) is 0 Å². The maximum Gasteiger partial charge on any atom is 0.341 e. The molecule has 0 saturated carbocycles. The highest BCUT2D eigenvalue weighted by Gasteiger charge is 2.03. The van der Waals surface area contributed by atoms with Gasteiger partial charge in [0.05, 0.1) is 23.0 Å². The number of aliphatic carboxylic acids is 2. The Morgan fingerprint density at radius 3 is 1.38 bits per heavy atom. The summed E-state index contributed by atoms with van der Waals surface area (Å²) in [5, 5.41) is 17.6. The van der Waals surface area contributed by atoms with Crippen LogP contribution in [0.5, 0.6) is 11.5 Å². The Labute approximate surface area is 179 Å². The van der Waals surface area contributed by atoms with Crippen LogP contribution in [-0.2, 0) is 9.59 Å².